The van der Waals surface area contributed by atoms with Gasteiger partial charge >= 0.3 is 0 Å². The summed E-state index contributed by atoms with van der Waals surface area (Å²) in [6.45, 7) is 12.4. The summed E-state index contributed by atoms with van der Waals surface area (Å²) in [5, 5.41) is 0. The van der Waals surface area contributed by atoms with E-state index in [1.807, 2.05) is 77.9 Å². The fourth-order valence-corrected chi connectivity index (χ4v) is 5.44. The molecule has 2 aromatic rings. The fourth-order valence-electron chi connectivity index (χ4n) is 3.65. The fraction of sp³-hybridized carbons (Fsp3) is 0.435. The van der Waals surface area contributed by atoms with Crippen LogP contribution in [0.3, 0.4) is 0 Å². The largest absolute Gasteiger partial charge is 0.342 e. The van der Waals surface area contributed by atoms with Crippen LogP contribution in [0, 0.1) is 27.7 Å². The summed E-state index contributed by atoms with van der Waals surface area (Å²) in [6, 6.07) is 11.5. The second-order valence-electron chi connectivity index (χ2n) is 7.55. The molecule has 0 aliphatic carbocycles. The third-order valence-electron chi connectivity index (χ3n) is 5.11. The Balaban J connectivity index is 2.50. The average molecular weight is 417 g/mol. The molecule has 0 aromatic heterocycles. The van der Waals surface area contributed by atoms with Crippen molar-refractivity contribution in [2.45, 2.75) is 53.0 Å². The normalized spacial score (nSPS) is 11.7. The maximum absolute atomic E-state index is 13.6. The predicted octanol–water partition coefficient (Wildman–Crippen LogP) is 3.98. The summed E-state index contributed by atoms with van der Waals surface area (Å²) in [6.07, 6.45) is 0. The number of hydrogen-bond donors (Lipinski definition) is 0. The highest BCUT2D eigenvalue weighted by Gasteiger charge is 2.30. The van der Waals surface area contributed by atoms with Crippen molar-refractivity contribution < 1.29 is 13.2 Å². The van der Waals surface area contributed by atoms with E-state index in [4.69, 9.17) is 0 Å². The van der Waals surface area contributed by atoms with Crippen molar-refractivity contribution in [3.05, 3.63) is 64.2 Å². The molecule has 2 rings (SSSR count). The van der Waals surface area contributed by atoms with E-state index in [9.17, 15) is 13.2 Å². The Kier molecular flexibility index (Phi) is 7.60. The first kappa shape index (κ1) is 23.1. The second kappa shape index (κ2) is 9.55. The van der Waals surface area contributed by atoms with Gasteiger partial charge in [0.1, 0.15) is 0 Å². The van der Waals surface area contributed by atoms with E-state index in [0.717, 1.165) is 16.7 Å². The average Bonchev–Trinajstić information content (AvgIpc) is 2.62. The molecule has 0 heterocycles. The van der Waals surface area contributed by atoms with Gasteiger partial charge in [0.2, 0.25) is 15.9 Å². The topological polar surface area (TPSA) is 57.7 Å². The van der Waals surface area contributed by atoms with Crippen LogP contribution in [0.5, 0.6) is 0 Å². The van der Waals surface area contributed by atoms with E-state index >= 15 is 0 Å². The van der Waals surface area contributed by atoms with Gasteiger partial charge in [-0.15, -0.1) is 0 Å². The Morgan fingerprint density at radius 1 is 0.862 bits per heavy atom. The minimum absolute atomic E-state index is 0.155. The SMILES string of the molecule is CCN(CC)C(=O)CN(Cc1ccc(C)cc1)S(=O)(=O)c1c(C)cc(C)cc1C. The lowest BCUT2D eigenvalue weighted by molar-refractivity contribution is -0.131. The zero-order valence-electron chi connectivity index (χ0n) is 18.3. The van der Waals surface area contributed by atoms with Crippen LogP contribution in [0.4, 0.5) is 0 Å². The molecule has 0 fully saturated rings. The third kappa shape index (κ3) is 5.46. The number of hydrogen-bond acceptors (Lipinski definition) is 3. The number of sulfonamides is 1. The molecule has 0 atom stereocenters. The minimum Gasteiger partial charge on any atom is -0.342 e. The summed E-state index contributed by atoms with van der Waals surface area (Å²) >= 11 is 0. The van der Waals surface area contributed by atoms with Crippen LogP contribution in [-0.4, -0.2) is 43.2 Å². The number of aryl methyl sites for hydroxylation is 4. The molecule has 0 aliphatic rings. The van der Waals surface area contributed by atoms with E-state index < -0.39 is 10.0 Å². The Labute approximate surface area is 175 Å². The van der Waals surface area contributed by atoms with E-state index in [1.165, 1.54) is 4.31 Å². The molecule has 0 saturated carbocycles. The first-order valence-corrected chi connectivity index (χ1v) is 11.5. The number of carbonyl (C=O) groups is 1. The monoisotopic (exact) mass is 416 g/mol. The molecule has 5 nitrogen and oxygen atoms in total. The Morgan fingerprint density at radius 2 is 1.38 bits per heavy atom. The molecular formula is C23H32N2O3S. The van der Waals surface area contributed by atoms with Crippen LogP contribution in [0.25, 0.3) is 0 Å². The van der Waals surface area contributed by atoms with E-state index in [2.05, 4.69) is 0 Å². The maximum atomic E-state index is 13.6. The van der Waals surface area contributed by atoms with Crippen molar-refractivity contribution >= 4 is 15.9 Å². The predicted molar refractivity (Wildman–Crippen MR) is 117 cm³/mol. The van der Waals surface area contributed by atoms with Gasteiger partial charge in [-0.1, -0.05) is 47.5 Å². The highest BCUT2D eigenvalue weighted by molar-refractivity contribution is 7.89. The van der Waals surface area contributed by atoms with Crippen molar-refractivity contribution in [3.63, 3.8) is 0 Å². The van der Waals surface area contributed by atoms with Gasteiger partial charge in [0.15, 0.2) is 0 Å². The molecule has 0 N–H and O–H groups in total. The first-order chi connectivity index (χ1) is 13.6. The summed E-state index contributed by atoms with van der Waals surface area (Å²) < 4.78 is 28.6. The van der Waals surface area contributed by atoms with Gasteiger partial charge in [-0.2, -0.15) is 4.31 Å². The molecule has 0 saturated heterocycles. The van der Waals surface area contributed by atoms with Crippen LogP contribution in [0.2, 0.25) is 0 Å². The van der Waals surface area contributed by atoms with Gasteiger partial charge in [0.05, 0.1) is 11.4 Å². The second-order valence-corrected chi connectivity index (χ2v) is 9.43. The Hall–Kier alpha value is -2.18. The molecule has 6 heteroatoms. The molecular weight excluding hydrogens is 384 g/mol. The van der Waals surface area contributed by atoms with Gasteiger partial charge in [-0.3, -0.25) is 4.79 Å². The summed E-state index contributed by atoms with van der Waals surface area (Å²) in [5.41, 5.74) is 4.38. The van der Waals surface area contributed by atoms with E-state index in [-0.39, 0.29) is 19.0 Å². The molecule has 2 aromatic carbocycles. The zero-order chi connectivity index (χ0) is 21.8. The highest BCUT2D eigenvalue weighted by Crippen LogP contribution is 2.26. The molecule has 1 amide bonds. The molecule has 0 bridgehead atoms. The summed E-state index contributed by atoms with van der Waals surface area (Å²) in [7, 11) is -3.85. The molecule has 0 aliphatic heterocycles. The lowest BCUT2D eigenvalue weighted by Crippen LogP contribution is -2.42. The van der Waals surface area contributed by atoms with Crippen LogP contribution >= 0.6 is 0 Å². The number of carbonyl (C=O) groups excluding carboxylic acids is 1. The zero-order valence-corrected chi connectivity index (χ0v) is 19.1. The number of nitrogens with zero attached hydrogens (tertiary/aromatic N) is 2. The molecule has 0 spiro atoms. The number of benzene rings is 2. The maximum Gasteiger partial charge on any atom is 0.244 e. The quantitative estimate of drug-likeness (QED) is 0.654. The standard InChI is InChI=1S/C23H32N2O3S/c1-7-24(8-2)22(26)16-25(15-21-11-9-17(3)10-12-21)29(27,28)23-19(5)13-18(4)14-20(23)6/h9-14H,7-8,15-16H2,1-6H3. The Morgan fingerprint density at radius 3 is 1.86 bits per heavy atom. The minimum atomic E-state index is -3.85. The van der Waals surface area contributed by atoms with Crippen LogP contribution < -0.4 is 0 Å². The summed E-state index contributed by atoms with van der Waals surface area (Å²) in [4.78, 5) is 14.7. The van der Waals surface area contributed by atoms with Crippen molar-refractivity contribution in [2.24, 2.45) is 0 Å². The number of amides is 1. The van der Waals surface area contributed by atoms with Crippen molar-refractivity contribution in [3.8, 4) is 0 Å². The molecule has 29 heavy (non-hydrogen) atoms. The number of rotatable bonds is 8. The van der Waals surface area contributed by atoms with E-state index in [1.54, 1.807) is 4.90 Å². The van der Waals surface area contributed by atoms with E-state index in [0.29, 0.717) is 29.1 Å². The van der Waals surface area contributed by atoms with Gasteiger partial charge in [0, 0.05) is 19.6 Å². The number of likely N-dealkylation sites (N-methyl/N-ethyl adjacent to an activating group) is 1. The molecule has 158 valence electrons. The van der Waals surface area contributed by atoms with Gasteiger partial charge < -0.3 is 4.90 Å². The highest BCUT2D eigenvalue weighted by atomic mass is 32.2. The Bertz CT molecular complexity index is 939. The molecule has 0 unspecified atom stereocenters. The molecule has 0 radical (unpaired) electrons. The smallest absolute Gasteiger partial charge is 0.244 e. The van der Waals surface area contributed by atoms with Gasteiger partial charge in [-0.05, 0) is 58.2 Å². The lowest BCUT2D eigenvalue weighted by Gasteiger charge is -2.27. The third-order valence-corrected chi connectivity index (χ3v) is 7.21. The van der Waals surface area contributed by atoms with Crippen molar-refractivity contribution in [1.29, 1.82) is 0 Å². The van der Waals surface area contributed by atoms with Crippen LogP contribution in [0.15, 0.2) is 41.3 Å². The van der Waals surface area contributed by atoms with Gasteiger partial charge in [-0.25, -0.2) is 8.42 Å². The first-order valence-electron chi connectivity index (χ1n) is 10.0. The lowest BCUT2D eigenvalue weighted by atomic mass is 10.1. The van der Waals surface area contributed by atoms with Crippen LogP contribution in [0.1, 0.15) is 41.7 Å². The van der Waals surface area contributed by atoms with Crippen molar-refractivity contribution in [1.82, 2.24) is 9.21 Å². The van der Waals surface area contributed by atoms with Crippen LogP contribution in [-0.2, 0) is 21.4 Å². The summed E-state index contributed by atoms with van der Waals surface area (Å²) in [5.74, 6) is -0.187. The van der Waals surface area contributed by atoms with Crippen molar-refractivity contribution in [2.75, 3.05) is 19.6 Å². The van der Waals surface area contributed by atoms with Gasteiger partial charge in [0.25, 0.3) is 0 Å².